The van der Waals surface area contributed by atoms with Crippen molar-refractivity contribution in [1.29, 1.82) is 0 Å². The van der Waals surface area contributed by atoms with E-state index in [4.69, 9.17) is 14.0 Å². The molecule has 10 nitrogen and oxygen atoms in total. The van der Waals surface area contributed by atoms with Crippen LogP contribution in [0.3, 0.4) is 0 Å². The van der Waals surface area contributed by atoms with Crippen LogP contribution in [0.2, 0.25) is 0 Å². The van der Waals surface area contributed by atoms with Crippen LogP contribution in [0, 0.1) is 0 Å². The first-order valence-electron chi connectivity index (χ1n) is 10.5. The molecule has 11 heteroatoms. The van der Waals surface area contributed by atoms with Crippen LogP contribution in [0.25, 0.3) is 11.4 Å². The number of sulfonamides is 1. The number of anilines is 1. The summed E-state index contributed by atoms with van der Waals surface area (Å²) in [7, 11) is 1.32. The molecule has 1 amide bonds. The Morgan fingerprint density at radius 1 is 1.12 bits per heavy atom. The maximum Gasteiger partial charge on any atom is 0.263 e. The molecule has 34 heavy (non-hydrogen) atoms. The van der Waals surface area contributed by atoms with Crippen molar-refractivity contribution in [2.24, 2.45) is 0 Å². The van der Waals surface area contributed by atoms with E-state index < -0.39 is 16.1 Å². The largest absolute Gasteiger partial charge is 0.497 e. The highest BCUT2D eigenvalue weighted by atomic mass is 32.2. The topological polar surface area (TPSA) is 115 Å². The molecule has 0 aliphatic rings. The number of methoxy groups -OCH3 is 1. The summed E-state index contributed by atoms with van der Waals surface area (Å²) in [4.78, 5) is 18.8. The highest BCUT2D eigenvalue weighted by Crippen LogP contribution is 2.23. The molecule has 1 unspecified atom stereocenters. The minimum Gasteiger partial charge on any atom is -0.497 e. The number of nitrogens with zero attached hydrogens (tertiary/aromatic N) is 4. The fourth-order valence-corrected chi connectivity index (χ4v) is 3.63. The van der Waals surface area contributed by atoms with Crippen LogP contribution < -0.4 is 13.8 Å². The van der Waals surface area contributed by atoms with Crippen molar-refractivity contribution < 1.29 is 27.2 Å². The van der Waals surface area contributed by atoms with Crippen LogP contribution in [0.5, 0.6) is 11.5 Å². The van der Waals surface area contributed by atoms with Crippen molar-refractivity contribution in [2.75, 3.05) is 31.8 Å². The maximum atomic E-state index is 13.0. The molecule has 1 heterocycles. The van der Waals surface area contributed by atoms with E-state index in [1.54, 1.807) is 44.5 Å². The van der Waals surface area contributed by atoms with Crippen LogP contribution in [0.1, 0.15) is 19.2 Å². The second-order valence-electron chi connectivity index (χ2n) is 7.68. The third-order valence-corrected chi connectivity index (χ3v) is 6.37. The molecule has 0 aliphatic heterocycles. The Labute approximate surface area is 199 Å². The highest BCUT2D eigenvalue weighted by molar-refractivity contribution is 7.92. The summed E-state index contributed by atoms with van der Waals surface area (Å²) in [6.07, 6.45) is 0.832. The van der Waals surface area contributed by atoms with Gasteiger partial charge in [0.05, 0.1) is 25.6 Å². The van der Waals surface area contributed by atoms with Crippen LogP contribution in [0.15, 0.2) is 53.1 Å². The van der Waals surface area contributed by atoms with Crippen molar-refractivity contribution >= 4 is 21.6 Å². The summed E-state index contributed by atoms with van der Waals surface area (Å²) >= 11 is 0. The Balaban J connectivity index is 1.64. The molecule has 3 rings (SSSR count). The Hall–Kier alpha value is -3.60. The molecule has 0 fully saturated rings. The summed E-state index contributed by atoms with van der Waals surface area (Å²) in [5.41, 5.74) is 1.23. The Morgan fingerprint density at radius 3 is 2.44 bits per heavy atom. The average Bonchev–Trinajstić information content (AvgIpc) is 3.30. The molecular weight excluding hydrogens is 460 g/mol. The van der Waals surface area contributed by atoms with Gasteiger partial charge in [-0.15, -0.1) is 0 Å². The van der Waals surface area contributed by atoms with Gasteiger partial charge in [-0.05, 0) is 42.8 Å². The lowest BCUT2D eigenvalue weighted by atomic mass is 10.2. The summed E-state index contributed by atoms with van der Waals surface area (Å²) in [6.45, 7) is 1.96. The van der Waals surface area contributed by atoms with E-state index in [1.165, 1.54) is 11.9 Å². The number of carbonyl (C=O) groups is 1. The predicted molar refractivity (Wildman–Crippen MR) is 127 cm³/mol. The monoisotopic (exact) mass is 488 g/mol. The smallest absolute Gasteiger partial charge is 0.263 e. The summed E-state index contributed by atoms with van der Waals surface area (Å²) in [6, 6.07) is 13.8. The first kappa shape index (κ1) is 25.0. The molecule has 0 saturated heterocycles. The Morgan fingerprint density at radius 2 is 1.82 bits per heavy atom. The van der Waals surface area contributed by atoms with Gasteiger partial charge < -0.3 is 18.9 Å². The second-order valence-corrected chi connectivity index (χ2v) is 9.69. The van der Waals surface area contributed by atoms with E-state index in [1.807, 2.05) is 25.1 Å². The number of carbonyl (C=O) groups excluding carboxylic acids is 1. The lowest BCUT2D eigenvalue weighted by molar-refractivity contribution is -0.138. The van der Waals surface area contributed by atoms with Gasteiger partial charge in [-0.25, -0.2) is 8.42 Å². The summed E-state index contributed by atoms with van der Waals surface area (Å²) < 4.78 is 40.9. The molecule has 182 valence electrons. The van der Waals surface area contributed by atoms with Crippen molar-refractivity contribution in [1.82, 2.24) is 15.0 Å². The molecular formula is C23H28N4O6S. The number of hydrogen-bond donors (Lipinski definition) is 0. The normalized spacial score (nSPS) is 12.1. The molecule has 0 saturated carbocycles. The number of benzene rings is 2. The molecule has 0 bridgehead atoms. The van der Waals surface area contributed by atoms with Gasteiger partial charge in [-0.3, -0.25) is 9.10 Å². The molecule has 3 aromatic rings. The van der Waals surface area contributed by atoms with E-state index in [0.29, 0.717) is 29.4 Å². The summed E-state index contributed by atoms with van der Waals surface area (Å²) in [5, 5.41) is 3.99. The van der Waals surface area contributed by atoms with Crippen LogP contribution >= 0.6 is 0 Å². The number of amides is 1. The van der Waals surface area contributed by atoms with E-state index in [9.17, 15) is 13.2 Å². The van der Waals surface area contributed by atoms with Crippen molar-refractivity contribution in [2.45, 2.75) is 26.0 Å². The molecule has 2 aromatic carbocycles. The fraction of sp³-hybridized carbons (Fsp3) is 0.348. The quantitative estimate of drug-likeness (QED) is 0.428. The van der Waals surface area contributed by atoms with Gasteiger partial charge in [-0.2, -0.15) is 4.98 Å². The minimum absolute atomic E-state index is 0.119. The van der Waals surface area contributed by atoms with Gasteiger partial charge in [0.2, 0.25) is 21.7 Å². The minimum atomic E-state index is -3.36. The molecule has 0 N–H and O–H groups in total. The number of hydrogen-bond acceptors (Lipinski definition) is 8. The van der Waals surface area contributed by atoms with Crippen LogP contribution in [-0.4, -0.2) is 62.9 Å². The van der Waals surface area contributed by atoms with Gasteiger partial charge in [0.15, 0.2) is 6.10 Å². The lowest BCUT2D eigenvalue weighted by Crippen LogP contribution is -2.39. The molecule has 1 atom stereocenters. The first-order valence-corrected chi connectivity index (χ1v) is 12.4. The van der Waals surface area contributed by atoms with Gasteiger partial charge in [0.25, 0.3) is 5.91 Å². The number of rotatable bonds is 10. The van der Waals surface area contributed by atoms with Gasteiger partial charge in [0, 0.05) is 19.7 Å². The zero-order valence-corrected chi connectivity index (χ0v) is 20.6. The van der Waals surface area contributed by atoms with Crippen molar-refractivity contribution in [3.63, 3.8) is 0 Å². The van der Waals surface area contributed by atoms with E-state index in [2.05, 4.69) is 10.1 Å². The average molecular weight is 489 g/mol. The third-order valence-electron chi connectivity index (χ3n) is 5.17. The maximum absolute atomic E-state index is 13.0. The van der Waals surface area contributed by atoms with Gasteiger partial charge in [0.1, 0.15) is 11.5 Å². The van der Waals surface area contributed by atoms with Crippen molar-refractivity contribution in [3.8, 4) is 22.9 Å². The first-order chi connectivity index (χ1) is 16.1. The Kier molecular flexibility index (Phi) is 7.77. The highest BCUT2D eigenvalue weighted by Gasteiger charge is 2.24. The molecule has 0 spiro atoms. The number of aromatic nitrogens is 2. The van der Waals surface area contributed by atoms with Crippen molar-refractivity contribution in [3.05, 3.63) is 54.4 Å². The fourth-order valence-electron chi connectivity index (χ4n) is 3.12. The summed E-state index contributed by atoms with van der Waals surface area (Å²) in [5.74, 6) is 1.57. The number of ether oxygens (including phenoxy) is 2. The van der Waals surface area contributed by atoms with Gasteiger partial charge >= 0.3 is 0 Å². The third kappa shape index (κ3) is 6.04. The number of likely N-dealkylation sites (N-methyl/N-ethyl adjacent to an activating group) is 1. The second kappa shape index (κ2) is 10.6. The van der Waals surface area contributed by atoms with Gasteiger partial charge in [-0.1, -0.05) is 24.2 Å². The van der Waals surface area contributed by atoms with Crippen LogP contribution in [-0.2, 0) is 21.4 Å². The predicted octanol–water partition coefficient (Wildman–Crippen LogP) is 2.96. The zero-order chi connectivity index (χ0) is 24.9. The lowest BCUT2D eigenvalue weighted by Gasteiger charge is -2.23. The van der Waals surface area contributed by atoms with E-state index in [-0.39, 0.29) is 18.3 Å². The molecule has 1 aromatic heterocycles. The molecule has 0 radical (unpaired) electrons. The van der Waals surface area contributed by atoms with E-state index >= 15 is 0 Å². The SMILES string of the molecule is CCC(Oc1ccc(N(C)S(C)(=O)=O)cc1)C(=O)N(C)Cc1nc(-c2cccc(OC)c2)no1. The zero-order valence-electron chi connectivity index (χ0n) is 19.8. The standard InChI is InChI=1S/C23H28N4O6S/c1-6-20(32-18-12-10-17(11-13-18)27(3)34(5,29)30)23(28)26(2)15-21-24-22(25-33-21)16-8-7-9-19(14-16)31-4/h7-14,20H,6,15H2,1-5H3. The Bertz CT molecular complexity index is 1230. The van der Waals surface area contributed by atoms with E-state index in [0.717, 1.165) is 16.1 Å². The molecule has 0 aliphatic carbocycles. The van der Waals surface area contributed by atoms with Crippen LogP contribution in [0.4, 0.5) is 5.69 Å².